The van der Waals surface area contributed by atoms with Crippen LogP contribution in [0.4, 0.5) is 11.4 Å². The summed E-state index contributed by atoms with van der Waals surface area (Å²) in [5.41, 5.74) is 6.82. The Hall–Kier alpha value is -1.40. The molecule has 0 saturated heterocycles. The lowest BCUT2D eigenvalue weighted by Gasteiger charge is -2.10. The highest BCUT2D eigenvalue weighted by Gasteiger charge is 2.07. The Bertz CT molecular complexity index is 399. The number of nitrogens with two attached hydrogens (primary N) is 1. The number of thioether (sulfide) groups is 1. The number of ether oxygens (including phenoxy) is 1. The number of hydrogen-bond donors (Lipinski definition) is 3. The molecular formula is C12H18N2O3S. The van der Waals surface area contributed by atoms with Crippen LogP contribution in [0, 0.1) is 0 Å². The molecule has 1 aromatic carbocycles. The number of rotatable bonds is 7. The molecule has 18 heavy (non-hydrogen) atoms. The van der Waals surface area contributed by atoms with E-state index < -0.39 is 0 Å². The second-order valence-corrected chi connectivity index (χ2v) is 4.74. The van der Waals surface area contributed by atoms with Gasteiger partial charge in [0.25, 0.3) is 0 Å². The highest BCUT2D eigenvalue weighted by atomic mass is 32.2. The lowest BCUT2D eigenvalue weighted by molar-refractivity contribution is -0.113. The number of hydrogen-bond acceptors (Lipinski definition) is 5. The molecule has 0 saturated carbocycles. The number of carbonyl (C=O) groups is 1. The molecule has 1 aromatic rings. The Kier molecular flexibility index (Phi) is 6.38. The maximum absolute atomic E-state index is 11.6. The van der Waals surface area contributed by atoms with Gasteiger partial charge >= 0.3 is 0 Å². The number of methoxy groups -OCH3 is 1. The van der Waals surface area contributed by atoms with Gasteiger partial charge in [-0.15, -0.1) is 0 Å². The second-order valence-electron chi connectivity index (χ2n) is 3.64. The van der Waals surface area contributed by atoms with Gasteiger partial charge in [-0.05, 0) is 24.3 Å². The zero-order valence-corrected chi connectivity index (χ0v) is 11.1. The van der Waals surface area contributed by atoms with Gasteiger partial charge in [0.1, 0.15) is 5.75 Å². The first kappa shape index (κ1) is 14.7. The van der Waals surface area contributed by atoms with Gasteiger partial charge in [0.15, 0.2) is 0 Å². The van der Waals surface area contributed by atoms with Gasteiger partial charge in [-0.25, -0.2) is 0 Å². The first-order valence-electron chi connectivity index (χ1n) is 5.59. The molecule has 0 heterocycles. The molecule has 0 radical (unpaired) electrons. The molecule has 5 nitrogen and oxygen atoms in total. The molecule has 0 spiro atoms. The Balaban J connectivity index is 2.48. The third-order valence-electron chi connectivity index (χ3n) is 2.18. The summed E-state index contributed by atoms with van der Waals surface area (Å²) in [6, 6.07) is 5.08. The molecule has 0 fully saturated rings. The summed E-state index contributed by atoms with van der Waals surface area (Å²) in [5.74, 6) is 1.57. The van der Waals surface area contributed by atoms with Crippen LogP contribution >= 0.6 is 11.8 Å². The van der Waals surface area contributed by atoms with Crippen molar-refractivity contribution in [2.24, 2.45) is 0 Å². The van der Waals surface area contributed by atoms with Crippen molar-refractivity contribution < 1.29 is 14.6 Å². The molecule has 0 unspecified atom stereocenters. The van der Waals surface area contributed by atoms with Gasteiger partial charge in [-0.1, -0.05) is 0 Å². The molecular weight excluding hydrogens is 252 g/mol. The van der Waals surface area contributed by atoms with Gasteiger partial charge in [0, 0.05) is 18.4 Å². The smallest absolute Gasteiger partial charge is 0.234 e. The number of aliphatic hydroxyl groups excluding tert-OH is 1. The van der Waals surface area contributed by atoms with Crippen LogP contribution in [0.25, 0.3) is 0 Å². The summed E-state index contributed by atoms with van der Waals surface area (Å²) in [4.78, 5) is 11.6. The van der Waals surface area contributed by atoms with Crippen LogP contribution in [0.1, 0.15) is 6.42 Å². The Morgan fingerprint density at radius 2 is 2.33 bits per heavy atom. The second kappa shape index (κ2) is 7.84. The van der Waals surface area contributed by atoms with Crippen molar-refractivity contribution >= 4 is 29.0 Å². The topological polar surface area (TPSA) is 84.6 Å². The molecule has 0 aromatic heterocycles. The first-order chi connectivity index (χ1) is 8.67. The van der Waals surface area contributed by atoms with E-state index in [1.807, 2.05) is 0 Å². The van der Waals surface area contributed by atoms with Gasteiger partial charge in [-0.3, -0.25) is 4.79 Å². The average Bonchev–Trinajstić information content (AvgIpc) is 2.37. The van der Waals surface area contributed by atoms with Crippen LogP contribution in [0.5, 0.6) is 5.75 Å². The van der Waals surface area contributed by atoms with Crippen LogP contribution in [0.2, 0.25) is 0 Å². The van der Waals surface area contributed by atoms with Crippen LogP contribution in [-0.4, -0.2) is 36.2 Å². The van der Waals surface area contributed by atoms with Gasteiger partial charge < -0.3 is 20.9 Å². The van der Waals surface area contributed by atoms with Crippen molar-refractivity contribution in [1.82, 2.24) is 0 Å². The molecule has 0 aliphatic carbocycles. The predicted octanol–water partition coefficient (Wildman–Crippen LogP) is 1.33. The number of anilines is 2. The van der Waals surface area contributed by atoms with E-state index in [-0.39, 0.29) is 12.5 Å². The van der Waals surface area contributed by atoms with Crippen molar-refractivity contribution in [2.75, 3.05) is 36.3 Å². The van der Waals surface area contributed by atoms with Gasteiger partial charge in [0.05, 0.1) is 18.6 Å². The maximum Gasteiger partial charge on any atom is 0.234 e. The minimum atomic E-state index is -0.0963. The van der Waals surface area contributed by atoms with E-state index in [1.54, 1.807) is 18.2 Å². The highest BCUT2D eigenvalue weighted by Crippen LogP contribution is 2.26. The standard InChI is InChI=1S/C12H18N2O3S/c1-17-11-7-9(13)3-4-10(11)14-12(16)8-18-6-2-5-15/h3-4,7,15H,2,5-6,8,13H2,1H3,(H,14,16). The van der Waals surface area contributed by atoms with E-state index in [0.29, 0.717) is 29.3 Å². The molecule has 4 N–H and O–H groups in total. The number of nitrogens with one attached hydrogen (secondary N) is 1. The van der Waals surface area contributed by atoms with E-state index in [9.17, 15) is 4.79 Å². The third kappa shape index (κ3) is 4.85. The van der Waals surface area contributed by atoms with Crippen molar-refractivity contribution in [3.05, 3.63) is 18.2 Å². The Morgan fingerprint density at radius 1 is 1.56 bits per heavy atom. The van der Waals surface area contributed by atoms with E-state index in [0.717, 1.165) is 5.75 Å². The van der Waals surface area contributed by atoms with Crippen LogP contribution in [0.3, 0.4) is 0 Å². The van der Waals surface area contributed by atoms with Crippen LogP contribution < -0.4 is 15.8 Å². The zero-order valence-electron chi connectivity index (χ0n) is 10.3. The van der Waals surface area contributed by atoms with E-state index in [4.69, 9.17) is 15.6 Å². The molecule has 1 amide bonds. The van der Waals surface area contributed by atoms with Gasteiger partial charge in [-0.2, -0.15) is 11.8 Å². The van der Waals surface area contributed by atoms with Crippen molar-refractivity contribution in [1.29, 1.82) is 0 Å². The SMILES string of the molecule is COc1cc(N)ccc1NC(=O)CSCCCO. The molecule has 1 rings (SSSR count). The van der Waals surface area contributed by atoms with Crippen molar-refractivity contribution in [3.63, 3.8) is 0 Å². The molecule has 0 bridgehead atoms. The maximum atomic E-state index is 11.6. The quantitative estimate of drug-likeness (QED) is 0.514. The average molecular weight is 270 g/mol. The summed E-state index contributed by atoms with van der Waals surface area (Å²) in [5, 5.41) is 11.4. The molecule has 100 valence electrons. The zero-order chi connectivity index (χ0) is 13.4. The predicted molar refractivity (Wildman–Crippen MR) is 75.1 cm³/mol. The van der Waals surface area contributed by atoms with E-state index >= 15 is 0 Å². The number of nitrogen functional groups attached to an aromatic ring is 1. The molecule has 0 atom stereocenters. The van der Waals surface area contributed by atoms with E-state index in [2.05, 4.69) is 5.32 Å². The molecule has 0 aliphatic heterocycles. The van der Waals surface area contributed by atoms with Crippen molar-refractivity contribution in [3.8, 4) is 5.75 Å². The summed E-state index contributed by atoms with van der Waals surface area (Å²) < 4.78 is 5.14. The normalized spacial score (nSPS) is 10.1. The molecule has 6 heteroatoms. The van der Waals surface area contributed by atoms with Crippen molar-refractivity contribution in [2.45, 2.75) is 6.42 Å². The first-order valence-corrected chi connectivity index (χ1v) is 6.75. The highest BCUT2D eigenvalue weighted by molar-refractivity contribution is 7.99. The molecule has 0 aliphatic rings. The monoisotopic (exact) mass is 270 g/mol. The van der Waals surface area contributed by atoms with E-state index in [1.165, 1.54) is 18.9 Å². The summed E-state index contributed by atoms with van der Waals surface area (Å²) in [6.45, 7) is 0.153. The van der Waals surface area contributed by atoms with Gasteiger partial charge in [0.2, 0.25) is 5.91 Å². The lowest BCUT2D eigenvalue weighted by atomic mass is 10.2. The third-order valence-corrected chi connectivity index (χ3v) is 3.22. The number of aliphatic hydroxyl groups is 1. The van der Waals surface area contributed by atoms with Crippen LogP contribution in [-0.2, 0) is 4.79 Å². The summed E-state index contributed by atoms with van der Waals surface area (Å²) >= 11 is 1.48. The largest absolute Gasteiger partial charge is 0.494 e. The fourth-order valence-corrected chi connectivity index (χ4v) is 2.06. The fourth-order valence-electron chi connectivity index (χ4n) is 1.33. The Morgan fingerprint density at radius 3 is 3.00 bits per heavy atom. The summed E-state index contributed by atoms with van der Waals surface area (Å²) in [7, 11) is 1.53. The number of amides is 1. The number of benzene rings is 1. The number of carbonyl (C=O) groups excluding carboxylic acids is 1. The summed E-state index contributed by atoms with van der Waals surface area (Å²) in [6.07, 6.45) is 0.698. The fraction of sp³-hybridized carbons (Fsp3) is 0.417. The Labute approximate surface area is 111 Å². The lowest BCUT2D eigenvalue weighted by Crippen LogP contribution is -2.15. The minimum Gasteiger partial charge on any atom is -0.494 e. The van der Waals surface area contributed by atoms with Crippen LogP contribution in [0.15, 0.2) is 18.2 Å². The minimum absolute atomic E-state index is 0.0963.